The molecule has 6 nitrogen and oxygen atoms in total. The summed E-state index contributed by atoms with van der Waals surface area (Å²) in [6, 6.07) is 16.2. The van der Waals surface area contributed by atoms with Crippen LogP contribution in [0.2, 0.25) is 5.02 Å². The average Bonchev–Trinajstić information content (AvgIpc) is 3.28. The predicted octanol–water partition coefficient (Wildman–Crippen LogP) is 3.37. The van der Waals surface area contributed by atoms with E-state index in [0.29, 0.717) is 10.3 Å². The van der Waals surface area contributed by atoms with E-state index in [-0.39, 0.29) is 18.5 Å². The summed E-state index contributed by atoms with van der Waals surface area (Å²) in [6.45, 7) is 4.84. The van der Waals surface area contributed by atoms with Crippen molar-refractivity contribution in [2.75, 3.05) is 55.3 Å². The van der Waals surface area contributed by atoms with Gasteiger partial charge in [-0.05, 0) is 48.6 Å². The Labute approximate surface area is 198 Å². The first-order valence-corrected chi connectivity index (χ1v) is 12.6. The summed E-state index contributed by atoms with van der Waals surface area (Å²) in [7, 11) is 0. The molecule has 32 heavy (non-hydrogen) atoms. The Morgan fingerprint density at radius 2 is 1.94 bits per heavy atom. The maximum absolute atomic E-state index is 12.7. The van der Waals surface area contributed by atoms with E-state index in [1.165, 1.54) is 5.69 Å². The molecule has 2 N–H and O–H groups in total. The van der Waals surface area contributed by atoms with Crippen molar-refractivity contribution >= 4 is 40.6 Å². The van der Waals surface area contributed by atoms with E-state index >= 15 is 0 Å². The average molecular weight is 470 g/mol. The number of piperazine rings is 1. The third kappa shape index (κ3) is 4.98. The van der Waals surface area contributed by atoms with Crippen LogP contribution in [0, 0.1) is 11.3 Å². The van der Waals surface area contributed by atoms with Crippen LogP contribution >= 0.6 is 23.4 Å². The van der Waals surface area contributed by atoms with Crippen molar-refractivity contribution in [3.8, 4) is 17.2 Å². The van der Waals surface area contributed by atoms with Crippen molar-refractivity contribution < 1.29 is 4.79 Å². The number of rotatable bonds is 6. The highest BCUT2D eigenvalue weighted by molar-refractivity contribution is 7.99. The second kappa shape index (κ2) is 10.5. The van der Waals surface area contributed by atoms with Crippen molar-refractivity contribution in [2.24, 2.45) is 0 Å². The lowest BCUT2D eigenvalue weighted by Gasteiger charge is -2.29. The minimum absolute atomic E-state index is 0.0262. The quantitative estimate of drug-likeness (QED) is 0.632. The van der Waals surface area contributed by atoms with Crippen LogP contribution in [-0.4, -0.2) is 62.7 Å². The molecule has 2 heterocycles. The minimum Gasteiger partial charge on any atom is -0.369 e. The molecular weight excluding hydrogens is 442 g/mol. The van der Waals surface area contributed by atoms with E-state index in [0.717, 1.165) is 56.0 Å². The zero-order chi connectivity index (χ0) is 22.5. The Morgan fingerprint density at radius 3 is 2.62 bits per heavy atom. The first kappa shape index (κ1) is 22.8. The number of thioether (sulfide) groups is 1. The van der Waals surface area contributed by atoms with E-state index < -0.39 is 0 Å². The molecule has 2 aromatic rings. The third-order valence-corrected chi connectivity index (χ3v) is 7.52. The van der Waals surface area contributed by atoms with E-state index in [2.05, 4.69) is 57.0 Å². The van der Waals surface area contributed by atoms with Crippen molar-refractivity contribution in [1.82, 2.24) is 10.6 Å². The number of halogens is 1. The molecule has 0 saturated carbocycles. The molecule has 0 aliphatic carbocycles. The number of anilines is 2. The number of nitrogens with zero attached hydrogens (tertiary/aromatic N) is 3. The Morgan fingerprint density at radius 1 is 1.22 bits per heavy atom. The summed E-state index contributed by atoms with van der Waals surface area (Å²) in [5.41, 5.74) is 4.21. The number of carbonyl (C=O) groups is 1. The minimum atomic E-state index is -0.287. The number of hydrogen-bond acceptors (Lipinski definition) is 6. The van der Waals surface area contributed by atoms with Crippen LogP contribution in [0.15, 0.2) is 42.5 Å². The highest BCUT2D eigenvalue weighted by Crippen LogP contribution is 2.37. The summed E-state index contributed by atoms with van der Waals surface area (Å²) in [4.78, 5) is 17.2. The Kier molecular flexibility index (Phi) is 7.46. The predicted molar refractivity (Wildman–Crippen MR) is 134 cm³/mol. The van der Waals surface area contributed by atoms with Gasteiger partial charge < -0.3 is 20.4 Å². The number of benzene rings is 2. The number of hydrogen-bond donors (Lipinski definition) is 2. The van der Waals surface area contributed by atoms with Crippen molar-refractivity contribution in [1.29, 1.82) is 5.26 Å². The van der Waals surface area contributed by atoms with Gasteiger partial charge in [0.05, 0.1) is 6.07 Å². The van der Waals surface area contributed by atoms with E-state index in [4.69, 9.17) is 16.9 Å². The van der Waals surface area contributed by atoms with Gasteiger partial charge >= 0.3 is 0 Å². The Hall–Kier alpha value is -2.40. The van der Waals surface area contributed by atoms with Gasteiger partial charge in [-0.1, -0.05) is 23.7 Å². The molecule has 8 heteroatoms. The molecule has 4 rings (SSSR count). The van der Waals surface area contributed by atoms with Gasteiger partial charge in [-0.25, -0.2) is 0 Å². The molecule has 0 unspecified atom stereocenters. The first-order chi connectivity index (χ1) is 15.6. The summed E-state index contributed by atoms with van der Waals surface area (Å²) in [5, 5.41) is 16.0. The third-order valence-electron chi connectivity index (χ3n) is 6.18. The maximum atomic E-state index is 12.7. The van der Waals surface area contributed by atoms with Gasteiger partial charge in [-0.3, -0.25) is 4.79 Å². The Bertz CT molecular complexity index is 987. The van der Waals surface area contributed by atoms with Gasteiger partial charge in [-0.2, -0.15) is 17.0 Å². The second-order valence-electron chi connectivity index (χ2n) is 8.09. The second-order valence-corrected chi connectivity index (χ2v) is 9.63. The Balaban J connectivity index is 1.59. The van der Waals surface area contributed by atoms with Crippen molar-refractivity contribution in [2.45, 2.75) is 17.7 Å². The summed E-state index contributed by atoms with van der Waals surface area (Å²) in [5.74, 6) is -0.0972. The monoisotopic (exact) mass is 469 g/mol. The van der Waals surface area contributed by atoms with Crippen LogP contribution in [0.25, 0.3) is 11.1 Å². The fraction of sp³-hybridized carbons (Fsp3) is 0.417. The molecule has 0 aromatic heterocycles. The van der Waals surface area contributed by atoms with Gasteiger partial charge in [0.2, 0.25) is 5.91 Å². The highest BCUT2D eigenvalue weighted by Gasteiger charge is 2.36. The maximum Gasteiger partial charge on any atom is 0.243 e. The number of amides is 1. The lowest BCUT2D eigenvalue weighted by Crippen LogP contribution is -2.43. The van der Waals surface area contributed by atoms with Crippen LogP contribution in [-0.2, 0) is 4.79 Å². The molecule has 2 saturated heterocycles. The number of nitriles is 1. The molecule has 2 atom stereocenters. The SMILES string of the molecule is CS[C@H]1C[C@@H](C(=O)NCC#N)N(c2ccc(Cl)c(-c3ccc(N4CCNCC4)cc3)c2)C1. The first-order valence-electron chi connectivity index (χ1n) is 10.9. The molecule has 2 aliphatic rings. The molecule has 1 amide bonds. The molecular formula is C24H28ClN5OS. The van der Waals surface area contributed by atoms with Gasteiger partial charge in [0.15, 0.2) is 0 Å². The van der Waals surface area contributed by atoms with Crippen LogP contribution in [0.1, 0.15) is 6.42 Å². The molecule has 2 aliphatic heterocycles. The normalized spacial score (nSPS) is 20.8. The van der Waals surface area contributed by atoms with E-state index in [1.54, 1.807) is 11.8 Å². The largest absolute Gasteiger partial charge is 0.369 e. The van der Waals surface area contributed by atoms with Crippen LogP contribution in [0.5, 0.6) is 0 Å². The van der Waals surface area contributed by atoms with Gasteiger partial charge in [0, 0.05) is 59.9 Å². The fourth-order valence-electron chi connectivity index (χ4n) is 4.43. The molecule has 2 aromatic carbocycles. The van der Waals surface area contributed by atoms with Crippen molar-refractivity contribution in [3.63, 3.8) is 0 Å². The number of nitrogens with one attached hydrogen (secondary N) is 2. The van der Waals surface area contributed by atoms with Crippen LogP contribution < -0.4 is 20.4 Å². The van der Waals surface area contributed by atoms with Gasteiger partial charge in [0.25, 0.3) is 0 Å². The lowest BCUT2D eigenvalue weighted by molar-refractivity contribution is -0.121. The van der Waals surface area contributed by atoms with Crippen LogP contribution in [0.4, 0.5) is 11.4 Å². The van der Waals surface area contributed by atoms with Gasteiger partial charge in [0.1, 0.15) is 12.6 Å². The van der Waals surface area contributed by atoms with E-state index in [9.17, 15) is 4.79 Å². The molecule has 0 spiro atoms. The zero-order valence-electron chi connectivity index (χ0n) is 18.2. The fourth-order valence-corrected chi connectivity index (χ4v) is 5.35. The summed E-state index contributed by atoms with van der Waals surface area (Å²) >= 11 is 8.37. The topological polar surface area (TPSA) is 71.4 Å². The summed E-state index contributed by atoms with van der Waals surface area (Å²) < 4.78 is 0. The van der Waals surface area contributed by atoms with E-state index in [1.807, 2.05) is 18.2 Å². The standard InChI is InChI=1S/C24H28ClN5OS/c1-32-20-15-23(24(31)28-9-8-26)30(16-20)19-6-7-22(25)21(14-19)17-2-4-18(5-3-17)29-12-10-27-11-13-29/h2-7,14,20,23,27H,9-13,15-16H2,1H3,(H,28,31)/t20-,23-/m0/s1. The van der Waals surface area contributed by atoms with Gasteiger partial charge in [-0.15, -0.1) is 0 Å². The smallest absolute Gasteiger partial charge is 0.243 e. The highest BCUT2D eigenvalue weighted by atomic mass is 35.5. The molecule has 0 bridgehead atoms. The van der Waals surface area contributed by atoms with Crippen molar-refractivity contribution in [3.05, 3.63) is 47.5 Å². The molecule has 168 valence electrons. The molecule has 2 fully saturated rings. The van der Waals surface area contributed by atoms with Crippen LogP contribution in [0.3, 0.4) is 0 Å². The molecule has 0 radical (unpaired) electrons. The zero-order valence-corrected chi connectivity index (χ0v) is 19.8. The lowest BCUT2D eigenvalue weighted by atomic mass is 10.0. The summed E-state index contributed by atoms with van der Waals surface area (Å²) in [6.07, 6.45) is 2.83. The number of carbonyl (C=O) groups excluding carboxylic acids is 1.